The summed E-state index contributed by atoms with van der Waals surface area (Å²) in [6, 6.07) is 17.5. The molecule has 0 spiro atoms. The van der Waals surface area contributed by atoms with Crippen molar-refractivity contribution in [3.05, 3.63) is 60.2 Å². The predicted molar refractivity (Wildman–Crippen MR) is 128 cm³/mol. The first-order valence-corrected chi connectivity index (χ1v) is 11.4. The number of rotatable bonds is 11. The van der Waals surface area contributed by atoms with Gasteiger partial charge >= 0.3 is 5.97 Å². The van der Waals surface area contributed by atoms with E-state index in [2.05, 4.69) is 32.9 Å². The SMILES string of the molecule is CC(C)CO.CCC(CC(C)C)c1ccc(OCCCC(=O)Oc2ccccc2)cc1. The summed E-state index contributed by atoms with van der Waals surface area (Å²) in [5.74, 6) is 2.96. The van der Waals surface area contributed by atoms with Gasteiger partial charge in [0.2, 0.25) is 0 Å². The average Bonchev–Trinajstić information content (AvgIpc) is 2.76. The molecule has 2 rings (SSSR count). The van der Waals surface area contributed by atoms with E-state index in [1.54, 1.807) is 12.1 Å². The van der Waals surface area contributed by atoms with Crippen LogP contribution in [0.5, 0.6) is 11.5 Å². The number of aliphatic hydroxyl groups excluding tert-OH is 1. The Labute approximate surface area is 188 Å². The van der Waals surface area contributed by atoms with Crippen LogP contribution in [-0.2, 0) is 4.79 Å². The van der Waals surface area contributed by atoms with Gasteiger partial charge in [0, 0.05) is 13.0 Å². The van der Waals surface area contributed by atoms with Gasteiger partial charge in [-0.2, -0.15) is 0 Å². The van der Waals surface area contributed by atoms with E-state index < -0.39 is 0 Å². The zero-order valence-corrected chi connectivity index (χ0v) is 19.8. The van der Waals surface area contributed by atoms with Gasteiger partial charge < -0.3 is 14.6 Å². The number of aliphatic hydroxyl groups is 1. The summed E-state index contributed by atoms with van der Waals surface area (Å²) in [5, 5.41) is 8.14. The quantitative estimate of drug-likeness (QED) is 0.248. The minimum atomic E-state index is -0.227. The van der Waals surface area contributed by atoms with Crippen LogP contribution in [0.1, 0.15) is 71.8 Å². The molecule has 0 bridgehead atoms. The average molecular weight is 429 g/mol. The van der Waals surface area contributed by atoms with Crippen LogP contribution in [0.25, 0.3) is 0 Å². The fraction of sp³-hybridized carbons (Fsp3) is 0.519. The molecule has 0 saturated heterocycles. The molecule has 0 aliphatic carbocycles. The topological polar surface area (TPSA) is 55.8 Å². The first kappa shape index (κ1) is 26.7. The Morgan fingerprint density at radius 2 is 1.52 bits per heavy atom. The maximum atomic E-state index is 11.8. The van der Waals surface area contributed by atoms with Crippen molar-refractivity contribution in [3.63, 3.8) is 0 Å². The number of hydrogen-bond donors (Lipinski definition) is 1. The second kappa shape index (κ2) is 15.5. The second-order valence-corrected chi connectivity index (χ2v) is 8.62. The number of ether oxygens (including phenoxy) is 2. The Kier molecular flexibility index (Phi) is 13.3. The third kappa shape index (κ3) is 12.2. The highest BCUT2D eigenvalue weighted by atomic mass is 16.5. The Bertz CT molecular complexity index is 708. The summed E-state index contributed by atoms with van der Waals surface area (Å²) < 4.78 is 11.0. The Morgan fingerprint density at radius 1 is 0.903 bits per heavy atom. The number of benzene rings is 2. The monoisotopic (exact) mass is 428 g/mol. The first-order chi connectivity index (χ1) is 14.8. The molecule has 0 aliphatic rings. The van der Waals surface area contributed by atoms with Gasteiger partial charge in [-0.1, -0.05) is 65.0 Å². The normalized spacial score (nSPS) is 11.6. The Balaban J connectivity index is 0.000000861. The van der Waals surface area contributed by atoms with Crippen LogP contribution in [0.2, 0.25) is 0 Å². The molecule has 0 amide bonds. The number of carbonyl (C=O) groups excluding carboxylic acids is 1. The van der Waals surface area contributed by atoms with Crippen molar-refractivity contribution in [3.8, 4) is 11.5 Å². The summed E-state index contributed by atoms with van der Waals surface area (Å²) in [6.07, 6.45) is 3.35. The van der Waals surface area contributed by atoms with Gasteiger partial charge in [-0.15, -0.1) is 0 Å². The highest BCUT2D eigenvalue weighted by Crippen LogP contribution is 2.28. The van der Waals surface area contributed by atoms with Crippen LogP contribution in [0.3, 0.4) is 0 Å². The van der Waals surface area contributed by atoms with Crippen LogP contribution < -0.4 is 9.47 Å². The van der Waals surface area contributed by atoms with Gasteiger partial charge in [0.05, 0.1) is 6.61 Å². The molecular weight excluding hydrogens is 388 g/mol. The third-order valence-electron chi connectivity index (χ3n) is 4.73. The van der Waals surface area contributed by atoms with Crippen molar-refractivity contribution in [2.24, 2.45) is 11.8 Å². The van der Waals surface area contributed by atoms with Crippen molar-refractivity contribution in [1.82, 2.24) is 0 Å². The lowest BCUT2D eigenvalue weighted by Gasteiger charge is -2.18. The molecule has 1 unspecified atom stereocenters. The van der Waals surface area contributed by atoms with Gasteiger partial charge in [-0.3, -0.25) is 4.79 Å². The van der Waals surface area contributed by atoms with E-state index in [1.807, 2.05) is 44.2 Å². The van der Waals surface area contributed by atoms with Gasteiger partial charge in [-0.25, -0.2) is 0 Å². The molecule has 0 aromatic heterocycles. The number of hydrogen-bond acceptors (Lipinski definition) is 4. The molecule has 4 heteroatoms. The molecule has 0 fully saturated rings. The van der Waals surface area contributed by atoms with E-state index in [-0.39, 0.29) is 5.97 Å². The lowest BCUT2D eigenvalue weighted by molar-refractivity contribution is -0.134. The summed E-state index contributed by atoms with van der Waals surface area (Å²) >= 11 is 0. The molecule has 1 atom stereocenters. The number of esters is 1. The highest BCUT2D eigenvalue weighted by molar-refractivity contribution is 5.72. The van der Waals surface area contributed by atoms with E-state index in [1.165, 1.54) is 12.0 Å². The van der Waals surface area contributed by atoms with Crippen LogP contribution in [0.4, 0.5) is 0 Å². The minimum Gasteiger partial charge on any atom is -0.494 e. The van der Waals surface area contributed by atoms with Crippen molar-refractivity contribution in [1.29, 1.82) is 0 Å². The number of carbonyl (C=O) groups is 1. The van der Waals surface area contributed by atoms with Crippen LogP contribution >= 0.6 is 0 Å². The molecule has 172 valence electrons. The van der Waals surface area contributed by atoms with Gasteiger partial charge in [0.25, 0.3) is 0 Å². The molecule has 0 aliphatic heterocycles. The lowest BCUT2D eigenvalue weighted by atomic mass is 9.88. The first-order valence-electron chi connectivity index (χ1n) is 11.4. The van der Waals surface area contributed by atoms with Gasteiger partial charge in [-0.05, 0) is 66.8 Å². The summed E-state index contributed by atoms with van der Waals surface area (Å²) in [7, 11) is 0. The highest BCUT2D eigenvalue weighted by Gasteiger charge is 2.11. The van der Waals surface area contributed by atoms with E-state index in [0.717, 1.165) is 12.2 Å². The van der Waals surface area contributed by atoms with Crippen molar-refractivity contribution in [2.45, 2.75) is 66.2 Å². The van der Waals surface area contributed by atoms with E-state index in [0.29, 0.717) is 49.6 Å². The van der Waals surface area contributed by atoms with Gasteiger partial charge in [0.15, 0.2) is 0 Å². The van der Waals surface area contributed by atoms with Crippen molar-refractivity contribution in [2.75, 3.05) is 13.2 Å². The molecule has 1 N–H and O–H groups in total. The largest absolute Gasteiger partial charge is 0.494 e. The molecule has 0 heterocycles. The minimum absolute atomic E-state index is 0.227. The predicted octanol–water partition coefficient (Wildman–Crippen LogP) is 6.63. The lowest BCUT2D eigenvalue weighted by Crippen LogP contribution is -2.09. The summed E-state index contributed by atoms with van der Waals surface area (Å²) in [6.45, 7) is 11.5. The standard InChI is InChI=1S/C23H30O3.C4H10O/c1-4-19(17-18(2)3)20-12-14-21(15-13-20)25-16-8-11-23(24)26-22-9-6-5-7-10-22;1-4(2)3-5/h5-7,9-10,12-15,18-19H,4,8,11,16-17H2,1-3H3;4-5H,3H2,1-2H3. The maximum Gasteiger partial charge on any atom is 0.311 e. The van der Waals surface area contributed by atoms with Crippen LogP contribution in [-0.4, -0.2) is 24.3 Å². The van der Waals surface area contributed by atoms with Crippen LogP contribution in [0, 0.1) is 11.8 Å². The summed E-state index contributed by atoms with van der Waals surface area (Å²) in [4.78, 5) is 11.8. The van der Waals surface area contributed by atoms with E-state index >= 15 is 0 Å². The fourth-order valence-corrected chi connectivity index (χ4v) is 3.02. The van der Waals surface area contributed by atoms with Gasteiger partial charge in [0.1, 0.15) is 11.5 Å². The molecule has 0 saturated carbocycles. The maximum absolute atomic E-state index is 11.8. The second-order valence-electron chi connectivity index (χ2n) is 8.62. The molecular formula is C27H40O4. The van der Waals surface area contributed by atoms with Crippen molar-refractivity contribution >= 4 is 5.97 Å². The van der Waals surface area contributed by atoms with Crippen molar-refractivity contribution < 1.29 is 19.4 Å². The molecule has 0 radical (unpaired) electrons. The fourth-order valence-electron chi connectivity index (χ4n) is 3.02. The molecule has 2 aromatic carbocycles. The third-order valence-corrected chi connectivity index (χ3v) is 4.73. The molecule has 4 nitrogen and oxygen atoms in total. The molecule has 2 aromatic rings. The van der Waals surface area contributed by atoms with E-state index in [4.69, 9.17) is 14.6 Å². The zero-order valence-electron chi connectivity index (χ0n) is 19.8. The number of para-hydroxylation sites is 1. The molecule has 31 heavy (non-hydrogen) atoms. The Hall–Kier alpha value is -2.33. The van der Waals surface area contributed by atoms with Crippen LogP contribution in [0.15, 0.2) is 54.6 Å². The summed E-state index contributed by atoms with van der Waals surface area (Å²) in [5.41, 5.74) is 1.37. The van der Waals surface area contributed by atoms with E-state index in [9.17, 15) is 4.79 Å². The zero-order chi connectivity index (χ0) is 23.1. The Morgan fingerprint density at radius 3 is 2.03 bits per heavy atom. The smallest absolute Gasteiger partial charge is 0.311 e.